The van der Waals surface area contributed by atoms with Gasteiger partial charge in [-0.2, -0.15) is 26.3 Å². The molecule has 0 saturated heterocycles. The van der Waals surface area contributed by atoms with Gasteiger partial charge in [-0.3, -0.25) is 4.72 Å². The monoisotopic (exact) mass is 565 g/mol. The van der Waals surface area contributed by atoms with Gasteiger partial charge >= 0.3 is 18.3 Å². The van der Waals surface area contributed by atoms with E-state index in [0.717, 1.165) is 0 Å². The Morgan fingerprint density at radius 3 is 1.95 bits per heavy atom. The van der Waals surface area contributed by atoms with Crippen molar-refractivity contribution in [3.8, 4) is 11.1 Å². The van der Waals surface area contributed by atoms with Gasteiger partial charge in [0.05, 0.1) is 11.3 Å². The van der Waals surface area contributed by atoms with Crippen LogP contribution < -0.4 is 4.72 Å². The molecule has 0 aliphatic rings. The third kappa shape index (κ3) is 5.75. The molecule has 3 N–H and O–H groups in total. The quantitative estimate of drug-likeness (QED) is 0.317. The molecule has 0 unspecified atom stereocenters. The lowest BCUT2D eigenvalue weighted by molar-refractivity contribution is -0.376. The molecule has 3 rings (SSSR count). The summed E-state index contributed by atoms with van der Waals surface area (Å²) in [6, 6.07) is 9.63. The molecule has 204 valence electrons. The summed E-state index contributed by atoms with van der Waals surface area (Å²) in [5.74, 6) is -3.16. The number of anilines is 1. The summed E-state index contributed by atoms with van der Waals surface area (Å²) in [5, 5.41) is 18.5. The lowest BCUT2D eigenvalue weighted by atomic mass is 9.90. The average molecular weight is 565 g/mol. The number of hydrogen-bond acceptors (Lipinski definition) is 4. The van der Waals surface area contributed by atoms with E-state index in [0.29, 0.717) is 23.3 Å². The second-order valence-electron chi connectivity index (χ2n) is 8.29. The molecule has 6 nitrogen and oxygen atoms in total. The van der Waals surface area contributed by atoms with Gasteiger partial charge in [-0.05, 0) is 47.9 Å². The molecule has 3 aromatic carbocycles. The van der Waals surface area contributed by atoms with Gasteiger partial charge in [-0.1, -0.05) is 36.4 Å². The number of halogens is 7. The number of alkyl halides is 6. The third-order valence-corrected chi connectivity index (χ3v) is 6.81. The van der Waals surface area contributed by atoms with Crippen LogP contribution in [0.15, 0.2) is 60.7 Å². The standard InChI is InChI=1S/C24H18F7NO5S/c1-13-10-14(2-8-18(13)21(33)34)12-38(36,37)32-17-6-3-15(4-7-17)19-9-5-16(11-20(19)25)22(35,23(26,27)28)24(29,30)31/h2-11,32,35H,12H2,1H3,(H,33,34). The lowest BCUT2D eigenvalue weighted by Crippen LogP contribution is -2.53. The molecule has 0 bridgehead atoms. The molecule has 0 fully saturated rings. The molecule has 38 heavy (non-hydrogen) atoms. The zero-order valence-electron chi connectivity index (χ0n) is 19.2. The van der Waals surface area contributed by atoms with Crippen molar-refractivity contribution in [2.75, 3.05) is 4.72 Å². The van der Waals surface area contributed by atoms with Crippen molar-refractivity contribution in [2.24, 2.45) is 0 Å². The van der Waals surface area contributed by atoms with Crippen LogP contribution in [0, 0.1) is 12.7 Å². The molecule has 0 heterocycles. The molecule has 0 amide bonds. The van der Waals surface area contributed by atoms with Gasteiger partial charge in [0.2, 0.25) is 10.0 Å². The van der Waals surface area contributed by atoms with Crippen LogP contribution in [0.4, 0.5) is 36.4 Å². The predicted octanol–water partition coefficient (Wildman–Crippen LogP) is 5.75. The Hall–Kier alpha value is -3.65. The van der Waals surface area contributed by atoms with E-state index in [9.17, 15) is 49.1 Å². The van der Waals surface area contributed by atoms with Crippen LogP contribution in [0.5, 0.6) is 0 Å². The molecule has 0 aliphatic carbocycles. The van der Waals surface area contributed by atoms with Crippen LogP contribution in [0.3, 0.4) is 0 Å². The number of aryl methyl sites for hydroxylation is 1. The summed E-state index contributed by atoms with van der Waals surface area (Å²) in [5.41, 5.74) is -6.75. The zero-order valence-corrected chi connectivity index (χ0v) is 20.0. The number of carbonyl (C=O) groups is 1. The van der Waals surface area contributed by atoms with Crippen LogP contribution in [-0.4, -0.2) is 37.0 Å². The van der Waals surface area contributed by atoms with E-state index in [1.807, 2.05) is 0 Å². The topological polar surface area (TPSA) is 104 Å². The highest BCUT2D eigenvalue weighted by atomic mass is 32.2. The molecule has 0 spiro atoms. The van der Waals surface area contributed by atoms with E-state index < -0.39 is 56.6 Å². The number of sulfonamides is 1. The van der Waals surface area contributed by atoms with Gasteiger partial charge in [0, 0.05) is 16.8 Å². The first-order chi connectivity index (χ1) is 17.4. The Morgan fingerprint density at radius 1 is 0.895 bits per heavy atom. The Kier molecular flexibility index (Phi) is 7.54. The largest absolute Gasteiger partial charge is 0.478 e. The highest BCUT2D eigenvalue weighted by molar-refractivity contribution is 7.91. The molecule has 0 atom stereocenters. The summed E-state index contributed by atoms with van der Waals surface area (Å²) >= 11 is 0. The summed E-state index contributed by atoms with van der Waals surface area (Å²) < 4.78 is 120. The van der Waals surface area contributed by atoms with Gasteiger partial charge in [0.15, 0.2) is 0 Å². The second-order valence-corrected chi connectivity index (χ2v) is 10.0. The molecule has 3 aromatic rings. The van der Waals surface area contributed by atoms with Crippen molar-refractivity contribution in [1.82, 2.24) is 0 Å². The summed E-state index contributed by atoms with van der Waals surface area (Å²) in [4.78, 5) is 11.1. The van der Waals surface area contributed by atoms with E-state index in [1.165, 1.54) is 49.4 Å². The van der Waals surface area contributed by atoms with Gasteiger partial charge in [-0.25, -0.2) is 17.6 Å². The van der Waals surface area contributed by atoms with Crippen molar-refractivity contribution in [3.63, 3.8) is 0 Å². The van der Waals surface area contributed by atoms with Crippen molar-refractivity contribution in [1.29, 1.82) is 0 Å². The Morgan fingerprint density at radius 2 is 1.47 bits per heavy atom. The number of carboxylic acids is 1. The summed E-state index contributed by atoms with van der Waals surface area (Å²) in [6.45, 7) is 1.50. The molecule has 0 radical (unpaired) electrons. The van der Waals surface area contributed by atoms with Crippen LogP contribution in [-0.2, 0) is 21.4 Å². The van der Waals surface area contributed by atoms with Crippen molar-refractivity contribution < 1.29 is 54.2 Å². The molecule has 0 aliphatic heterocycles. The number of benzene rings is 3. The maximum absolute atomic E-state index is 14.6. The van der Waals surface area contributed by atoms with Crippen molar-refractivity contribution in [3.05, 3.63) is 88.7 Å². The highest BCUT2D eigenvalue weighted by Crippen LogP contribution is 2.50. The minimum Gasteiger partial charge on any atom is -0.478 e. The fourth-order valence-electron chi connectivity index (χ4n) is 3.67. The highest BCUT2D eigenvalue weighted by Gasteiger charge is 2.71. The number of carboxylic acid groups (broad SMARTS) is 1. The lowest BCUT2D eigenvalue weighted by Gasteiger charge is -2.32. The first kappa shape index (κ1) is 28.9. The summed E-state index contributed by atoms with van der Waals surface area (Å²) in [6.07, 6.45) is -12.3. The molecular weight excluding hydrogens is 547 g/mol. The second kappa shape index (κ2) is 9.91. The number of hydrogen-bond donors (Lipinski definition) is 3. The number of rotatable bonds is 7. The van der Waals surface area contributed by atoms with Gasteiger partial charge < -0.3 is 10.2 Å². The minimum absolute atomic E-state index is 0.000519. The molecule has 0 aromatic heterocycles. The average Bonchev–Trinajstić information content (AvgIpc) is 2.76. The van der Waals surface area contributed by atoms with Crippen LogP contribution in [0.1, 0.15) is 27.0 Å². The third-order valence-electron chi connectivity index (χ3n) is 5.55. The van der Waals surface area contributed by atoms with Crippen LogP contribution >= 0.6 is 0 Å². The van der Waals surface area contributed by atoms with Gasteiger partial charge in [0.1, 0.15) is 5.82 Å². The fourth-order valence-corrected chi connectivity index (χ4v) is 4.86. The Balaban J connectivity index is 1.82. The maximum atomic E-state index is 14.6. The Labute approximate surface area is 211 Å². The van der Waals surface area contributed by atoms with E-state index in [4.69, 9.17) is 5.11 Å². The van der Waals surface area contributed by atoms with Crippen molar-refractivity contribution in [2.45, 2.75) is 30.6 Å². The van der Waals surface area contributed by atoms with Gasteiger partial charge in [-0.15, -0.1) is 0 Å². The SMILES string of the molecule is Cc1cc(CS(=O)(=O)Nc2ccc(-c3ccc(C(O)(C(F)(F)F)C(F)(F)F)cc3F)cc2)ccc1C(=O)O. The normalized spacial score (nSPS) is 12.9. The molecule has 14 heteroatoms. The minimum atomic E-state index is -6.17. The predicted molar refractivity (Wildman–Crippen MR) is 122 cm³/mol. The summed E-state index contributed by atoms with van der Waals surface area (Å²) in [7, 11) is -3.99. The number of nitrogens with one attached hydrogen (secondary N) is 1. The number of aliphatic hydroxyl groups is 1. The molecular formula is C24H18F7NO5S. The molecule has 0 saturated carbocycles. The van der Waals surface area contributed by atoms with E-state index in [-0.39, 0.29) is 22.9 Å². The number of aromatic carboxylic acids is 1. The zero-order chi connectivity index (χ0) is 28.7. The first-order valence-electron chi connectivity index (χ1n) is 10.5. The van der Waals surface area contributed by atoms with Crippen LogP contribution in [0.25, 0.3) is 11.1 Å². The van der Waals surface area contributed by atoms with E-state index >= 15 is 0 Å². The van der Waals surface area contributed by atoms with E-state index in [1.54, 1.807) is 0 Å². The fraction of sp³-hybridized carbons (Fsp3) is 0.208. The maximum Gasteiger partial charge on any atom is 0.430 e. The van der Waals surface area contributed by atoms with E-state index in [2.05, 4.69) is 4.72 Å². The van der Waals surface area contributed by atoms with Crippen LogP contribution in [0.2, 0.25) is 0 Å². The smallest absolute Gasteiger partial charge is 0.430 e. The first-order valence-corrected chi connectivity index (χ1v) is 12.1. The van der Waals surface area contributed by atoms with Crippen molar-refractivity contribution >= 4 is 21.7 Å². The van der Waals surface area contributed by atoms with Gasteiger partial charge in [0.25, 0.3) is 5.60 Å². The Bertz CT molecular complexity index is 1450.